The minimum atomic E-state index is -1.37. The molecule has 0 aliphatic carbocycles. The number of nitrogens with zero attached hydrogens (tertiary/aromatic N) is 2. The lowest BCUT2D eigenvalue weighted by Gasteiger charge is -2.23. The molecule has 0 spiro atoms. The molecule has 166 valence electrons. The van der Waals surface area contributed by atoms with Crippen molar-refractivity contribution in [1.82, 2.24) is 25.5 Å². The van der Waals surface area contributed by atoms with E-state index < -0.39 is 41.8 Å². The fourth-order valence-electron chi connectivity index (χ4n) is 3.85. The fraction of sp³-hybridized carbons (Fsp3) is 0.304. The van der Waals surface area contributed by atoms with Gasteiger partial charge in [-0.3, -0.25) is 14.5 Å². The summed E-state index contributed by atoms with van der Waals surface area (Å²) in [5.74, 6) is -0.907. The van der Waals surface area contributed by atoms with Gasteiger partial charge in [0.15, 0.2) is 0 Å². The molecule has 1 unspecified atom stereocenters. The Labute approximate surface area is 184 Å². The summed E-state index contributed by atoms with van der Waals surface area (Å²) in [5.41, 5.74) is 0.696. The van der Waals surface area contributed by atoms with Crippen molar-refractivity contribution in [3.63, 3.8) is 0 Å². The molecule has 8 nitrogen and oxygen atoms in total. The zero-order valence-electron chi connectivity index (χ0n) is 18.0. The van der Waals surface area contributed by atoms with Crippen LogP contribution in [0.5, 0.6) is 0 Å². The van der Waals surface area contributed by atoms with Crippen molar-refractivity contribution in [3.05, 3.63) is 65.7 Å². The Bertz CT molecular complexity index is 1160. The maximum Gasteiger partial charge on any atom is 0.325 e. The summed E-state index contributed by atoms with van der Waals surface area (Å²) < 4.78 is 13.3. The van der Waals surface area contributed by atoms with Crippen molar-refractivity contribution >= 4 is 28.9 Å². The van der Waals surface area contributed by atoms with Crippen LogP contribution in [0.2, 0.25) is 0 Å². The van der Waals surface area contributed by atoms with E-state index in [-0.39, 0.29) is 5.92 Å². The summed E-state index contributed by atoms with van der Waals surface area (Å²) in [4.78, 5) is 47.0. The molecule has 0 radical (unpaired) electrons. The summed E-state index contributed by atoms with van der Waals surface area (Å²) in [5, 5.41) is 5.49. The Hall–Kier alpha value is -3.75. The molecule has 0 bridgehead atoms. The highest BCUT2D eigenvalue weighted by molar-refractivity contribution is 6.09. The van der Waals surface area contributed by atoms with Gasteiger partial charge in [-0.05, 0) is 42.7 Å². The number of imidazole rings is 1. The van der Waals surface area contributed by atoms with E-state index in [0.717, 1.165) is 15.9 Å². The first-order chi connectivity index (χ1) is 15.2. The van der Waals surface area contributed by atoms with Gasteiger partial charge in [0.2, 0.25) is 5.91 Å². The van der Waals surface area contributed by atoms with Gasteiger partial charge in [0, 0.05) is 0 Å². The number of para-hydroxylation sites is 2. The zero-order valence-corrected chi connectivity index (χ0v) is 18.0. The predicted octanol–water partition coefficient (Wildman–Crippen LogP) is 2.98. The van der Waals surface area contributed by atoms with Gasteiger partial charge in [-0.1, -0.05) is 38.1 Å². The molecule has 2 aromatic carbocycles. The number of nitrogens with one attached hydrogen (secondary N) is 3. The first-order valence-electron chi connectivity index (χ1n) is 10.3. The molecular formula is C23H24FN5O3. The number of hydrogen-bond acceptors (Lipinski definition) is 4. The summed E-state index contributed by atoms with van der Waals surface area (Å²) in [7, 11) is 0. The molecule has 1 aliphatic heterocycles. The van der Waals surface area contributed by atoms with Crippen LogP contribution >= 0.6 is 0 Å². The maximum absolute atomic E-state index is 13.3. The van der Waals surface area contributed by atoms with Crippen LogP contribution in [-0.2, 0) is 15.1 Å². The largest absolute Gasteiger partial charge is 0.344 e. The Kier molecular flexibility index (Phi) is 5.41. The number of imide groups is 1. The predicted molar refractivity (Wildman–Crippen MR) is 116 cm³/mol. The number of hydrogen-bond donors (Lipinski definition) is 3. The van der Waals surface area contributed by atoms with Crippen LogP contribution in [-0.4, -0.2) is 39.3 Å². The van der Waals surface area contributed by atoms with Gasteiger partial charge in [-0.15, -0.1) is 0 Å². The number of amides is 4. The molecule has 4 rings (SSSR count). The van der Waals surface area contributed by atoms with Gasteiger partial charge in [0.05, 0.1) is 17.1 Å². The fourth-order valence-corrected chi connectivity index (χ4v) is 3.85. The topological polar surface area (TPSA) is 107 Å². The highest BCUT2D eigenvalue weighted by atomic mass is 19.1. The highest BCUT2D eigenvalue weighted by Crippen LogP contribution is 2.29. The Balaban J connectivity index is 1.50. The van der Waals surface area contributed by atoms with E-state index in [2.05, 4.69) is 20.6 Å². The first-order valence-corrected chi connectivity index (χ1v) is 10.3. The quantitative estimate of drug-likeness (QED) is 0.515. The lowest BCUT2D eigenvalue weighted by Crippen LogP contribution is -2.44. The minimum Gasteiger partial charge on any atom is -0.344 e. The monoisotopic (exact) mass is 437 g/mol. The van der Waals surface area contributed by atoms with Crippen molar-refractivity contribution in [2.75, 3.05) is 6.54 Å². The van der Waals surface area contributed by atoms with E-state index >= 15 is 0 Å². The molecule has 9 heteroatoms. The average molecular weight is 437 g/mol. The normalized spacial score (nSPS) is 19.5. The Morgan fingerprint density at radius 2 is 1.84 bits per heavy atom. The van der Waals surface area contributed by atoms with Gasteiger partial charge in [0.1, 0.15) is 23.7 Å². The van der Waals surface area contributed by atoms with Crippen LogP contribution < -0.4 is 10.6 Å². The van der Waals surface area contributed by atoms with Crippen LogP contribution in [0.15, 0.2) is 48.5 Å². The van der Waals surface area contributed by atoms with Crippen LogP contribution in [0.3, 0.4) is 0 Å². The van der Waals surface area contributed by atoms with E-state index in [0.29, 0.717) is 11.4 Å². The average Bonchev–Trinajstić information content (AvgIpc) is 3.27. The van der Waals surface area contributed by atoms with Crippen molar-refractivity contribution in [2.24, 2.45) is 5.92 Å². The molecule has 1 fully saturated rings. The third-order valence-electron chi connectivity index (χ3n) is 5.68. The molecule has 1 saturated heterocycles. The Morgan fingerprint density at radius 3 is 2.50 bits per heavy atom. The van der Waals surface area contributed by atoms with Gasteiger partial charge < -0.3 is 15.6 Å². The lowest BCUT2D eigenvalue weighted by molar-refractivity contribution is -0.135. The van der Waals surface area contributed by atoms with E-state index in [1.165, 1.54) is 31.2 Å². The van der Waals surface area contributed by atoms with Gasteiger partial charge in [-0.25, -0.2) is 14.2 Å². The molecule has 0 saturated carbocycles. The van der Waals surface area contributed by atoms with Gasteiger partial charge in [0.25, 0.3) is 5.91 Å². The molecule has 3 N–H and O–H groups in total. The number of fused-ring (bicyclic) bond motifs is 1. The number of carbonyl (C=O) groups is 3. The minimum absolute atomic E-state index is 0.00657. The smallest absolute Gasteiger partial charge is 0.325 e. The number of aromatic amines is 1. The Morgan fingerprint density at radius 1 is 1.16 bits per heavy atom. The second-order valence-corrected chi connectivity index (χ2v) is 8.38. The molecular weight excluding hydrogens is 413 g/mol. The second-order valence-electron chi connectivity index (χ2n) is 8.38. The first kappa shape index (κ1) is 21.5. The van der Waals surface area contributed by atoms with Crippen molar-refractivity contribution in [2.45, 2.75) is 32.4 Å². The SMILES string of the molecule is CC(C)[C@H](NC(=O)CN1C(=O)NC(C)(c2ccc(F)cc2)C1=O)c1nc2ccccc2[nH]1. The van der Waals surface area contributed by atoms with E-state index in [4.69, 9.17) is 0 Å². The number of H-pyrrole nitrogens is 1. The van der Waals surface area contributed by atoms with Crippen LogP contribution in [0.25, 0.3) is 11.0 Å². The molecule has 1 aliphatic rings. The number of aromatic nitrogens is 2. The summed E-state index contributed by atoms with van der Waals surface area (Å²) in [6, 6.07) is 11.7. The molecule has 32 heavy (non-hydrogen) atoms. The number of rotatable bonds is 6. The summed E-state index contributed by atoms with van der Waals surface area (Å²) in [6.07, 6.45) is 0. The molecule has 1 aromatic heterocycles. The van der Waals surface area contributed by atoms with Crippen molar-refractivity contribution in [3.8, 4) is 0 Å². The van der Waals surface area contributed by atoms with Crippen LogP contribution in [0.1, 0.15) is 38.2 Å². The van der Waals surface area contributed by atoms with Crippen LogP contribution in [0.4, 0.5) is 9.18 Å². The van der Waals surface area contributed by atoms with Crippen molar-refractivity contribution in [1.29, 1.82) is 0 Å². The van der Waals surface area contributed by atoms with E-state index in [1.807, 2.05) is 38.1 Å². The highest BCUT2D eigenvalue weighted by Gasteiger charge is 2.49. The maximum atomic E-state index is 13.3. The van der Waals surface area contributed by atoms with Gasteiger partial charge >= 0.3 is 6.03 Å². The molecule has 4 amide bonds. The summed E-state index contributed by atoms with van der Waals surface area (Å²) >= 11 is 0. The number of benzene rings is 2. The molecule has 3 aromatic rings. The second kappa shape index (κ2) is 8.07. The standard InChI is InChI=1S/C23H24FN5O3/c1-13(2)19(20-25-16-6-4-5-7-17(16)26-20)27-18(30)12-29-21(31)23(3,28-22(29)32)14-8-10-15(24)11-9-14/h4-11,13,19H,12H2,1-3H3,(H,25,26)(H,27,30)(H,28,32)/t19-,23?/m0/s1. The van der Waals surface area contributed by atoms with E-state index in [9.17, 15) is 18.8 Å². The number of carbonyl (C=O) groups excluding carboxylic acids is 3. The lowest BCUT2D eigenvalue weighted by atomic mass is 9.92. The van der Waals surface area contributed by atoms with E-state index in [1.54, 1.807) is 0 Å². The summed E-state index contributed by atoms with van der Waals surface area (Å²) in [6.45, 7) is 4.98. The van der Waals surface area contributed by atoms with Crippen LogP contribution in [0, 0.1) is 11.7 Å². The zero-order chi connectivity index (χ0) is 23.0. The van der Waals surface area contributed by atoms with Gasteiger partial charge in [-0.2, -0.15) is 0 Å². The van der Waals surface area contributed by atoms with Crippen molar-refractivity contribution < 1.29 is 18.8 Å². The molecule has 2 heterocycles. The third kappa shape index (κ3) is 3.81. The number of halogens is 1. The third-order valence-corrected chi connectivity index (χ3v) is 5.68. The number of urea groups is 1. The molecule has 2 atom stereocenters.